The van der Waals surface area contributed by atoms with Crippen LogP contribution >= 0.6 is 11.3 Å². The first-order valence-corrected chi connectivity index (χ1v) is 7.49. The number of aromatic nitrogens is 1. The SMILES string of the molecule is Cc1nc(C(=O)N2CCc3ccc(C(=O)O)cc3C2)cs1. The molecule has 0 radical (unpaired) electrons. The molecule has 21 heavy (non-hydrogen) atoms. The van der Waals surface area contributed by atoms with Gasteiger partial charge in [-0.3, -0.25) is 4.79 Å². The third kappa shape index (κ3) is 2.67. The molecule has 1 aliphatic heterocycles. The van der Waals surface area contributed by atoms with E-state index < -0.39 is 5.97 Å². The van der Waals surface area contributed by atoms with Crippen molar-refractivity contribution in [2.45, 2.75) is 19.9 Å². The van der Waals surface area contributed by atoms with Crippen molar-refractivity contribution in [3.63, 3.8) is 0 Å². The molecule has 0 aliphatic carbocycles. The summed E-state index contributed by atoms with van der Waals surface area (Å²) in [6.45, 7) is 2.94. The maximum atomic E-state index is 12.4. The van der Waals surface area contributed by atoms with Crippen molar-refractivity contribution in [1.82, 2.24) is 9.88 Å². The molecule has 0 saturated carbocycles. The highest BCUT2D eigenvalue weighted by atomic mass is 32.1. The molecular weight excluding hydrogens is 288 g/mol. The van der Waals surface area contributed by atoms with Gasteiger partial charge in [0.05, 0.1) is 10.6 Å². The van der Waals surface area contributed by atoms with Gasteiger partial charge in [-0.05, 0) is 36.6 Å². The number of carbonyl (C=O) groups is 2. The number of amides is 1. The molecule has 0 unspecified atom stereocenters. The van der Waals surface area contributed by atoms with Crippen molar-refractivity contribution < 1.29 is 14.7 Å². The van der Waals surface area contributed by atoms with Crippen molar-refractivity contribution in [1.29, 1.82) is 0 Å². The summed E-state index contributed by atoms with van der Waals surface area (Å²) in [7, 11) is 0. The molecule has 1 aliphatic rings. The molecule has 2 heterocycles. The fraction of sp³-hybridized carbons (Fsp3) is 0.267. The average molecular weight is 302 g/mol. The fourth-order valence-electron chi connectivity index (χ4n) is 2.49. The number of carbonyl (C=O) groups excluding carboxylic acids is 1. The van der Waals surface area contributed by atoms with E-state index in [0.717, 1.165) is 22.6 Å². The number of carboxylic acids is 1. The van der Waals surface area contributed by atoms with Gasteiger partial charge in [-0.15, -0.1) is 11.3 Å². The van der Waals surface area contributed by atoms with Crippen LogP contribution in [0, 0.1) is 6.92 Å². The van der Waals surface area contributed by atoms with Crippen molar-refractivity contribution in [2.75, 3.05) is 6.54 Å². The van der Waals surface area contributed by atoms with Crippen LogP contribution in [0.25, 0.3) is 0 Å². The number of benzene rings is 1. The Bertz CT molecular complexity index is 723. The van der Waals surface area contributed by atoms with Gasteiger partial charge in [0.25, 0.3) is 5.91 Å². The van der Waals surface area contributed by atoms with Gasteiger partial charge in [0.1, 0.15) is 5.69 Å². The van der Waals surface area contributed by atoms with E-state index in [1.54, 1.807) is 22.4 Å². The Kier molecular flexibility index (Phi) is 3.47. The van der Waals surface area contributed by atoms with Crippen LogP contribution in [0.5, 0.6) is 0 Å². The second-order valence-electron chi connectivity index (χ2n) is 5.02. The second kappa shape index (κ2) is 5.29. The lowest BCUT2D eigenvalue weighted by molar-refractivity contribution is 0.0696. The molecule has 2 aromatic rings. The summed E-state index contributed by atoms with van der Waals surface area (Å²) in [4.78, 5) is 29.4. The Morgan fingerprint density at radius 1 is 1.33 bits per heavy atom. The maximum Gasteiger partial charge on any atom is 0.335 e. The van der Waals surface area contributed by atoms with E-state index in [1.807, 2.05) is 13.0 Å². The monoisotopic (exact) mass is 302 g/mol. The minimum absolute atomic E-state index is 0.0919. The lowest BCUT2D eigenvalue weighted by atomic mass is 9.97. The van der Waals surface area contributed by atoms with Gasteiger partial charge in [0.2, 0.25) is 0 Å². The fourth-order valence-corrected chi connectivity index (χ4v) is 3.07. The summed E-state index contributed by atoms with van der Waals surface area (Å²) < 4.78 is 0. The van der Waals surface area contributed by atoms with Crippen LogP contribution in [0.3, 0.4) is 0 Å². The molecule has 0 saturated heterocycles. The van der Waals surface area contributed by atoms with Gasteiger partial charge < -0.3 is 10.0 Å². The molecule has 1 amide bonds. The number of hydrogen-bond donors (Lipinski definition) is 1. The van der Waals surface area contributed by atoms with E-state index in [2.05, 4.69) is 4.98 Å². The first kappa shape index (κ1) is 13.8. The van der Waals surface area contributed by atoms with E-state index in [9.17, 15) is 9.59 Å². The zero-order valence-corrected chi connectivity index (χ0v) is 12.3. The Morgan fingerprint density at radius 3 is 2.81 bits per heavy atom. The molecule has 0 atom stereocenters. The molecule has 0 bridgehead atoms. The molecule has 1 aromatic carbocycles. The van der Waals surface area contributed by atoms with Gasteiger partial charge >= 0.3 is 5.97 Å². The highest BCUT2D eigenvalue weighted by Crippen LogP contribution is 2.22. The highest BCUT2D eigenvalue weighted by molar-refractivity contribution is 7.09. The van der Waals surface area contributed by atoms with E-state index >= 15 is 0 Å². The minimum Gasteiger partial charge on any atom is -0.478 e. The highest BCUT2D eigenvalue weighted by Gasteiger charge is 2.24. The first-order valence-electron chi connectivity index (χ1n) is 6.61. The Balaban J connectivity index is 1.84. The normalized spacial score (nSPS) is 13.9. The van der Waals surface area contributed by atoms with E-state index in [4.69, 9.17) is 5.11 Å². The van der Waals surface area contributed by atoms with Crippen molar-refractivity contribution in [3.8, 4) is 0 Å². The third-order valence-electron chi connectivity index (χ3n) is 3.59. The van der Waals surface area contributed by atoms with Crippen LogP contribution in [0.4, 0.5) is 0 Å². The largest absolute Gasteiger partial charge is 0.478 e. The first-order chi connectivity index (χ1) is 10.0. The number of carboxylic acid groups (broad SMARTS) is 1. The number of aryl methyl sites for hydroxylation is 1. The molecule has 108 valence electrons. The van der Waals surface area contributed by atoms with Gasteiger partial charge in [0.15, 0.2) is 0 Å². The van der Waals surface area contributed by atoms with E-state index in [0.29, 0.717) is 18.8 Å². The lowest BCUT2D eigenvalue weighted by Gasteiger charge is -2.28. The van der Waals surface area contributed by atoms with Gasteiger partial charge in [-0.25, -0.2) is 9.78 Å². The maximum absolute atomic E-state index is 12.4. The summed E-state index contributed by atoms with van der Waals surface area (Å²) in [6.07, 6.45) is 0.740. The number of nitrogens with zero attached hydrogens (tertiary/aromatic N) is 2. The topological polar surface area (TPSA) is 70.5 Å². The number of thiazole rings is 1. The molecule has 0 spiro atoms. The van der Waals surface area contributed by atoms with Crippen LogP contribution in [0.2, 0.25) is 0 Å². The van der Waals surface area contributed by atoms with Crippen molar-refractivity contribution in [2.24, 2.45) is 0 Å². The average Bonchev–Trinajstić information content (AvgIpc) is 2.91. The number of rotatable bonds is 2. The molecule has 5 nitrogen and oxygen atoms in total. The molecule has 1 N–H and O–H groups in total. The van der Waals surface area contributed by atoms with Crippen molar-refractivity contribution in [3.05, 3.63) is 51.0 Å². The third-order valence-corrected chi connectivity index (χ3v) is 4.36. The van der Waals surface area contributed by atoms with Crippen LogP contribution in [-0.2, 0) is 13.0 Å². The number of fused-ring (bicyclic) bond motifs is 1. The van der Waals surface area contributed by atoms with Gasteiger partial charge in [-0.1, -0.05) is 6.07 Å². The van der Waals surface area contributed by atoms with Crippen LogP contribution < -0.4 is 0 Å². The van der Waals surface area contributed by atoms with Crippen molar-refractivity contribution >= 4 is 23.2 Å². The predicted octanol–water partition coefficient (Wildman–Crippen LogP) is 2.35. The summed E-state index contributed by atoms with van der Waals surface area (Å²) in [5.41, 5.74) is 2.74. The van der Waals surface area contributed by atoms with Gasteiger partial charge in [0, 0.05) is 18.5 Å². The summed E-state index contributed by atoms with van der Waals surface area (Å²) in [5, 5.41) is 11.7. The zero-order valence-electron chi connectivity index (χ0n) is 11.5. The van der Waals surface area contributed by atoms with Crippen LogP contribution in [-0.4, -0.2) is 33.4 Å². The molecule has 0 fully saturated rings. The zero-order chi connectivity index (χ0) is 15.0. The summed E-state index contributed by atoms with van der Waals surface area (Å²) in [6, 6.07) is 5.11. The number of hydrogen-bond acceptors (Lipinski definition) is 4. The Morgan fingerprint density at radius 2 is 2.14 bits per heavy atom. The molecule has 6 heteroatoms. The minimum atomic E-state index is -0.948. The summed E-state index contributed by atoms with van der Waals surface area (Å²) in [5.74, 6) is -1.04. The van der Waals surface area contributed by atoms with E-state index in [1.165, 1.54) is 11.3 Å². The number of aromatic carboxylic acids is 1. The van der Waals surface area contributed by atoms with Crippen LogP contribution in [0.15, 0.2) is 23.6 Å². The Labute approximate surface area is 125 Å². The quantitative estimate of drug-likeness (QED) is 0.924. The molecule has 3 rings (SSSR count). The second-order valence-corrected chi connectivity index (χ2v) is 6.08. The molecule has 1 aromatic heterocycles. The van der Waals surface area contributed by atoms with E-state index in [-0.39, 0.29) is 11.5 Å². The smallest absolute Gasteiger partial charge is 0.335 e. The standard InChI is InChI=1S/C15H14N2O3S/c1-9-16-13(8-21-9)14(18)17-5-4-10-2-3-11(15(19)20)6-12(10)7-17/h2-3,6,8H,4-5,7H2,1H3,(H,19,20). The Hall–Kier alpha value is -2.21. The summed E-state index contributed by atoms with van der Waals surface area (Å²) >= 11 is 1.45. The predicted molar refractivity (Wildman–Crippen MR) is 78.7 cm³/mol. The van der Waals surface area contributed by atoms with Crippen LogP contribution in [0.1, 0.15) is 37.0 Å². The lowest BCUT2D eigenvalue weighted by Crippen LogP contribution is -2.36. The van der Waals surface area contributed by atoms with Gasteiger partial charge in [-0.2, -0.15) is 0 Å². The molecular formula is C15H14N2O3S.